The van der Waals surface area contributed by atoms with Gasteiger partial charge in [0, 0.05) is 26.2 Å². The highest BCUT2D eigenvalue weighted by Gasteiger charge is 2.28. The molecule has 94 valence electrons. The first kappa shape index (κ1) is 12.6. The number of ether oxygens (including phenoxy) is 1. The monoisotopic (exact) mass is 234 g/mol. The van der Waals surface area contributed by atoms with Crippen LogP contribution in [0.5, 0.6) is 0 Å². The molecule has 0 saturated carbocycles. The van der Waals surface area contributed by atoms with E-state index in [9.17, 15) is 0 Å². The summed E-state index contributed by atoms with van der Waals surface area (Å²) in [6.07, 6.45) is 2.34. The quantitative estimate of drug-likeness (QED) is 0.816. The van der Waals surface area contributed by atoms with Crippen molar-refractivity contribution in [1.82, 2.24) is 5.32 Å². The van der Waals surface area contributed by atoms with Gasteiger partial charge in [0.2, 0.25) is 0 Å². The number of rotatable bonds is 5. The second-order valence-corrected chi connectivity index (χ2v) is 5.03. The van der Waals surface area contributed by atoms with Crippen molar-refractivity contribution in [3.8, 4) is 0 Å². The Morgan fingerprint density at radius 1 is 1.29 bits per heavy atom. The third-order valence-electron chi connectivity index (χ3n) is 3.39. The van der Waals surface area contributed by atoms with Crippen molar-refractivity contribution in [2.24, 2.45) is 5.73 Å². The van der Waals surface area contributed by atoms with Crippen LogP contribution >= 0.6 is 0 Å². The second kappa shape index (κ2) is 5.63. The Hall–Kier alpha value is -0.900. The van der Waals surface area contributed by atoms with Crippen LogP contribution in [0.2, 0.25) is 0 Å². The molecule has 1 atom stereocenters. The standard InChI is InChI=1S/C14H22N2O/c1-14(7-2-8-17-14)11-16-10-13-5-3-12(9-15)4-6-13/h3-6,16H,2,7-11,15H2,1H3. The van der Waals surface area contributed by atoms with Crippen LogP contribution in [0, 0.1) is 0 Å². The molecule has 3 heteroatoms. The predicted molar refractivity (Wildman–Crippen MR) is 69.6 cm³/mol. The van der Waals surface area contributed by atoms with Gasteiger partial charge in [0.25, 0.3) is 0 Å². The van der Waals surface area contributed by atoms with E-state index in [4.69, 9.17) is 10.5 Å². The van der Waals surface area contributed by atoms with Crippen LogP contribution in [0.25, 0.3) is 0 Å². The molecule has 1 heterocycles. The Labute approximate surface area is 103 Å². The summed E-state index contributed by atoms with van der Waals surface area (Å²) < 4.78 is 5.74. The summed E-state index contributed by atoms with van der Waals surface area (Å²) in [5, 5.41) is 3.47. The van der Waals surface area contributed by atoms with Gasteiger partial charge in [-0.05, 0) is 30.9 Å². The van der Waals surface area contributed by atoms with Gasteiger partial charge in [0.15, 0.2) is 0 Å². The van der Waals surface area contributed by atoms with Crippen LogP contribution in [-0.4, -0.2) is 18.8 Å². The van der Waals surface area contributed by atoms with Gasteiger partial charge < -0.3 is 15.8 Å². The molecule has 3 N–H and O–H groups in total. The average Bonchev–Trinajstić information content (AvgIpc) is 2.77. The van der Waals surface area contributed by atoms with Crippen molar-refractivity contribution in [3.05, 3.63) is 35.4 Å². The Morgan fingerprint density at radius 2 is 2.00 bits per heavy atom. The number of nitrogens with one attached hydrogen (secondary N) is 1. The third-order valence-corrected chi connectivity index (χ3v) is 3.39. The van der Waals surface area contributed by atoms with E-state index in [1.54, 1.807) is 0 Å². The minimum absolute atomic E-state index is 0.0389. The smallest absolute Gasteiger partial charge is 0.0779 e. The van der Waals surface area contributed by atoms with Gasteiger partial charge in [-0.15, -0.1) is 0 Å². The van der Waals surface area contributed by atoms with Crippen LogP contribution in [0.3, 0.4) is 0 Å². The van der Waals surface area contributed by atoms with Crippen LogP contribution in [0.4, 0.5) is 0 Å². The van der Waals surface area contributed by atoms with E-state index in [-0.39, 0.29) is 5.60 Å². The van der Waals surface area contributed by atoms with Crippen molar-refractivity contribution >= 4 is 0 Å². The fraction of sp³-hybridized carbons (Fsp3) is 0.571. The lowest BCUT2D eigenvalue weighted by molar-refractivity contribution is 0.0207. The molecular formula is C14H22N2O. The largest absolute Gasteiger partial charge is 0.374 e. The zero-order valence-electron chi connectivity index (χ0n) is 10.5. The lowest BCUT2D eigenvalue weighted by Crippen LogP contribution is -2.36. The first-order chi connectivity index (χ1) is 8.22. The molecule has 1 aliphatic heterocycles. The summed E-state index contributed by atoms with van der Waals surface area (Å²) >= 11 is 0. The summed E-state index contributed by atoms with van der Waals surface area (Å²) in [7, 11) is 0. The van der Waals surface area contributed by atoms with Gasteiger partial charge in [-0.2, -0.15) is 0 Å². The molecule has 1 aromatic rings. The lowest BCUT2D eigenvalue weighted by Gasteiger charge is -2.23. The van der Waals surface area contributed by atoms with Gasteiger partial charge in [0.05, 0.1) is 5.60 Å². The number of benzene rings is 1. The molecule has 0 amide bonds. The Balaban J connectivity index is 1.77. The normalized spacial score (nSPS) is 24.1. The molecule has 0 aliphatic carbocycles. The van der Waals surface area contributed by atoms with Crippen LogP contribution in [-0.2, 0) is 17.8 Å². The van der Waals surface area contributed by atoms with Gasteiger partial charge in [-0.1, -0.05) is 24.3 Å². The zero-order valence-corrected chi connectivity index (χ0v) is 10.5. The average molecular weight is 234 g/mol. The van der Waals surface area contributed by atoms with Crippen molar-refractivity contribution in [2.45, 2.75) is 38.5 Å². The molecule has 0 bridgehead atoms. The Kier molecular flexibility index (Phi) is 4.15. The Bertz CT molecular complexity index is 342. The van der Waals surface area contributed by atoms with Gasteiger partial charge in [-0.3, -0.25) is 0 Å². The van der Waals surface area contributed by atoms with Crippen molar-refractivity contribution in [2.75, 3.05) is 13.2 Å². The first-order valence-electron chi connectivity index (χ1n) is 6.34. The fourth-order valence-electron chi connectivity index (χ4n) is 2.24. The van der Waals surface area contributed by atoms with Crippen molar-refractivity contribution in [1.29, 1.82) is 0 Å². The Morgan fingerprint density at radius 3 is 2.59 bits per heavy atom. The van der Waals surface area contributed by atoms with E-state index in [0.717, 1.165) is 26.1 Å². The summed E-state index contributed by atoms with van der Waals surface area (Å²) in [6, 6.07) is 8.44. The molecule has 1 fully saturated rings. The lowest BCUT2D eigenvalue weighted by atomic mass is 10.0. The minimum Gasteiger partial charge on any atom is -0.374 e. The van der Waals surface area contributed by atoms with Gasteiger partial charge in [-0.25, -0.2) is 0 Å². The summed E-state index contributed by atoms with van der Waals surface area (Å²) in [6.45, 7) is 5.52. The molecule has 0 aromatic heterocycles. The van der Waals surface area contributed by atoms with Gasteiger partial charge >= 0.3 is 0 Å². The second-order valence-electron chi connectivity index (χ2n) is 5.03. The van der Waals surface area contributed by atoms with Gasteiger partial charge in [0.1, 0.15) is 0 Å². The van der Waals surface area contributed by atoms with E-state index >= 15 is 0 Å². The maximum Gasteiger partial charge on any atom is 0.0779 e. The van der Waals surface area contributed by atoms with Crippen LogP contribution in [0.15, 0.2) is 24.3 Å². The van der Waals surface area contributed by atoms with Crippen molar-refractivity contribution in [3.63, 3.8) is 0 Å². The first-order valence-corrected chi connectivity index (χ1v) is 6.34. The zero-order chi connectivity index (χ0) is 12.1. The molecule has 1 saturated heterocycles. The van der Waals surface area contributed by atoms with E-state index < -0.39 is 0 Å². The highest BCUT2D eigenvalue weighted by molar-refractivity contribution is 5.22. The maximum atomic E-state index is 5.74. The SMILES string of the molecule is CC1(CNCc2ccc(CN)cc2)CCCO1. The number of hydrogen-bond donors (Lipinski definition) is 2. The molecule has 0 radical (unpaired) electrons. The summed E-state index contributed by atoms with van der Waals surface area (Å²) in [5.74, 6) is 0. The predicted octanol–water partition coefficient (Wildman–Crippen LogP) is 1.80. The minimum atomic E-state index is 0.0389. The third kappa shape index (κ3) is 3.53. The van der Waals surface area contributed by atoms with E-state index in [1.807, 2.05) is 0 Å². The molecule has 2 rings (SSSR count). The molecule has 3 nitrogen and oxygen atoms in total. The van der Waals surface area contributed by atoms with E-state index in [1.165, 1.54) is 17.5 Å². The van der Waals surface area contributed by atoms with Crippen molar-refractivity contribution < 1.29 is 4.74 Å². The molecule has 0 spiro atoms. The van der Waals surface area contributed by atoms with Crippen LogP contribution in [0.1, 0.15) is 30.9 Å². The summed E-state index contributed by atoms with van der Waals surface area (Å²) in [5.41, 5.74) is 8.08. The van der Waals surface area contributed by atoms with E-state index in [0.29, 0.717) is 6.54 Å². The fourth-order valence-corrected chi connectivity index (χ4v) is 2.24. The molecule has 1 unspecified atom stereocenters. The highest BCUT2D eigenvalue weighted by Crippen LogP contribution is 2.23. The van der Waals surface area contributed by atoms with Crippen LogP contribution < -0.4 is 11.1 Å². The number of nitrogens with two attached hydrogens (primary N) is 1. The number of hydrogen-bond acceptors (Lipinski definition) is 3. The van der Waals surface area contributed by atoms with E-state index in [2.05, 4.69) is 36.5 Å². The summed E-state index contributed by atoms with van der Waals surface area (Å²) in [4.78, 5) is 0. The highest BCUT2D eigenvalue weighted by atomic mass is 16.5. The molecule has 17 heavy (non-hydrogen) atoms. The molecular weight excluding hydrogens is 212 g/mol. The molecule has 1 aromatic carbocycles. The topological polar surface area (TPSA) is 47.3 Å². The maximum absolute atomic E-state index is 5.74. The molecule has 1 aliphatic rings.